The Bertz CT molecular complexity index is 745. The van der Waals surface area contributed by atoms with Gasteiger partial charge >= 0.3 is 6.03 Å². The summed E-state index contributed by atoms with van der Waals surface area (Å²) >= 11 is 0. The lowest BCUT2D eigenvalue weighted by Crippen LogP contribution is -2.55. The molecular formula is C23H36N4O4. The number of nitrogens with one attached hydrogen (secondary N) is 3. The van der Waals surface area contributed by atoms with Crippen LogP contribution in [0, 0.1) is 12.8 Å². The lowest BCUT2D eigenvalue weighted by atomic mass is 9.88. The van der Waals surface area contributed by atoms with Crippen molar-refractivity contribution in [3.63, 3.8) is 0 Å². The van der Waals surface area contributed by atoms with Crippen LogP contribution in [0.2, 0.25) is 0 Å². The average molecular weight is 433 g/mol. The number of carbonyl (C=O) groups is 3. The van der Waals surface area contributed by atoms with Gasteiger partial charge in [0.15, 0.2) is 0 Å². The van der Waals surface area contributed by atoms with Crippen molar-refractivity contribution >= 4 is 17.8 Å². The number of methoxy groups -OCH3 is 1. The molecule has 1 atom stereocenters. The third kappa shape index (κ3) is 7.54. The maximum absolute atomic E-state index is 13.0. The number of piperidine rings is 1. The number of amides is 4. The Kier molecular flexibility index (Phi) is 9.78. The summed E-state index contributed by atoms with van der Waals surface area (Å²) in [6.07, 6.45) is 2.00. The molecule has 172 valence electrons. The molecule has 1 saturated heterocycles. The summed E-state index contributed by atoms with van der Waals surface area (Å²) in [7, 11) is 1.62. The molecule has 3 N–H and O–H groups in total. The zero-order valence-corrected chi connectivity index (χ0v) is 19.1. The minimum absolute atomic E-state index is 0.0431. The lowest BCUT2D eigenvalue weighted by molar-refractivity contribution is -0.124. The van der Waals surface area contributed by atoms with Gasteiger partial charge < -0.3 is 25.6 Å². The summed E-state index contributed by atoms with van der Waals surface area (Å²) in [5.74, 6) is -0.489. The molecule has 0 aromatic heterocycles. The second-order valence-corrected chi connectivity index (χ2v) is 8.33. The van der Waals surface area contributed by atoms with E-state index in [1.165, 1.54) is 0 Å². The van der Waals surface area contributed by atoms with Gasteiger partial charge in [-0.25, -0.2) is 4.79 Å². The topological polar surface area (TPSA) is 99.8 Å². The molecular weight excluding hydrogens is 396 g/mol. The molecule has 1 aromatic rings. The first-order valence-electron chi connectivity index (χ1n) is 11.0. The van der Waals surface area contributed by atoms with Crippen molar-refractivity contribution in [1.82, 2.24) is 20.9 Å². The number of likely N-dealkylation sites (tertiary alicyclic amines) is 1. The fraction of sp³-hybridized carbons (Fsp3) is 0.609. The molecule has 8 heteroatoms. The van der Waals surface area contributed by atoms with Crippen molar-refractivity contribution in [2.45, 2.75) is 52.1 Å². The summed E-state index contributed by atoms with van der Waals surface area (Å²) in [6.45, 7) is 7.88. The smallest absolute Gasteiger partial charge is 0.317 e. The quantitative estimate of drug-likeness (QED) is 0.520. The monoisotopic (exact) mass is 432 g/mol. The van der Waals surface area contributed by atoms with E-state index < -0.39 is 6.04 Å². The first-order valence-corrected chi connectivity index (χ1v) is 11.0. The third-order valence-electron chi connectivity index (χ3n) is 5.49. The van der Waals surface area contributed by atoms with Gasteiger partial charge in [0.1, 0.15) is 6.04 Å². The maximum Gasteiger partial charge on any atom is 0.317 e. The van der Waals surface area contributed by atoms with E-state index >= 15 is 0 Å². The van der Waals surface area contributed by atoms with Crippen molar-refractivity contribution in [2.75, 3.05) is 33.4 Å². The highest BCUT2D eigenvalue weighted by atomic mass is 16.5. The van der Waals surface area contributed by atoms with Crippen LogP contribution >= 0.6 is 0 Å². The molecule has 1 aromatic carbocycles. The molecule has 8 nitrogen and oxygen atoms in total. The Labute approximate surface area is 185 Å². The van der Waals surface area contributed by atoms with Crippen molar-refractivity contribution in [2.24, 2.45) is 5.92 Å². The van der Waals surface area contributed by atoms with Gasteiger partial charge in [-0.15, -0.1) is 0 Å². The molecule has 0 saturated carbocycles. The molecule has 0 bridgehead atoms. The number of hydrogen-bond acceptors (Lipinski definition) is 4. The minimum atomic E-state index is -0.648. The SMILES string of the molecule is COCCCNC(=O)C(NC(=O)c1ccccc1C)C1CCN(C(=O)NC(C)C)CC1. The molecule has 4 amide bonds. The number of nitrogens with zero attached hydrogens (tertiary/aromatic N) is 1. The standard InChI is InChI=1S/C23H36N4O4/c1-16(2)25-23(30)27-13-10-18(11-14-27)20(22(29)24-12-7-15-31-4)26-21(28)19-9-6-5-8-17(19)3/h5-6,8-9,16,18,20H,7,10-15H2,1-4H3,(H,24,29)(H,25,30)(H,26,28). The molecule has 1 aliphatic rings. The van der Waals surface area contributed by atoms with Crippen LogP contribution in [0.25, 0.3) is 0 Å². The predicted octanol–water partition coefficient (Wildman–Crippen LogP) is 2.08. The highest BCUT2D eigenvalue weighted by Gasteiger charge is 2.34. The molecule has 1 unspecified atom stereocenters. The summed E-state index contributed by atoms with van der Waals surface area (Å²) in [6, 6.07) is 6.67. The van der Waals surface area contributed by atoms with E-state index in [1.54, 1.807) is 18.1 Å². The van der Waals surface area contributed by atoms with Crippen LogP contribution < -0.4 is 16.0 Å². The number of hydrogen-bond donors (Lipinski definition) is 3. The second kappa shape index (κ2) is 12.3. The maximum atomic E-state index is 13.0. The van der Waals surface area contributed by atoms with Crippen molar-refractivity contribution in [3.05, 3.63) is 35.4 Å². The molecule has 0 aliphatic carbocycles. The fourth-order valence-corrected chi connectivity index (χ4v) is 3.76. The number of urea groups is 1. The van der Waals surface area contributed by atoms with Crippen LogP contribution in [-0.4, -0.2) is 68.2 Å². The van der Waals surface area contributed by atoms with Crippen molar-refractivity contribution in [1.29, 1.82) is 0 Å². The van der Waals surface area contributed by atoms with E-state index in [9.17, 15) is 14.4 Å². The number of benzene rings is 1. The van der Waals surface area contributed by atoms with E-state index in [2.05, 4.69) is 16.0 Å². The third-order valence-corrected chi connectivity index (χ3v) is 5.49. The van der Waals surface area contributed by atoms with Gasteiger partial charge in [-0.1, -0.05) is 18.2 Å². The van der Waals surface area contributed by atoms with Crippen LogP contribution in [0.5, 0.6) is 0 Å². The number of ether oxygens (including phenoxy) is 1. The highest BCUT2D eigenvalue weighted by Crippen LogP contribution is 2.22. The van der Waals surface area contributed by atoms with Crippen LogP contribution in [-0.2, 0) is 9.53 Å². The molecule has 0 radical (unpaired) electrons. The highest BCUT2D eigenvalue weighted by molar-refractivity contribution is 5.98. The van der Waals surface area contributed by atoms with Gasteiger partial charge in [0.25, 0.3) is 5.91 Å². The van der Waals surface area contributed by atoms with Gasteiger partial charge in [-0.2, -0.15) is 0 Å². The normalized spacial score (nSPS) is 15.5. The molecule has 1 fully saturated rings. The van der Waals surface area contributed by atoms with Gasteiger partial charge in [-0.3, -0.25) is 9.59 Å². The number of rotatable bonds is 9. The van der Waals surface area contributed by atoms with Crippen LogP contribution in [0.15, 0.2) is 24.3 Å². The predicted molar refractivity (Wildman–Crippen MR) is 120 cm³/mol. The zero-order valence-electron chi connectivity index (χ0n) is 19.1. The van der Waals surface area contributed by atoms with Crippen LogP contribution in [0.1, 0.15) is 49.0 Å². The minimum Gasteiger partial charge on any atom is -0.385 e. The van der Waals surface area contributed by atoms with Gasteiger partial charge in [0, 0.05) is 45.0 Å². The van der Waals surface area contributed by atoms with Crippen molar-refractivity contribution in [3.8, 4) is 0 Å². The van der Waals surface area contributed by atoms with E-state index in [1.807, 2.05) is 39.0 Å². The van der Waals surface area contributed by atoms with Gasteiger partial charge in [0.05, 0.1) is 0 Å². The van der Waals surface area contributed by atoms with E-state index in [0.717, 1.165) is 5.56 Å². The molecule has 1 aliphatic heterocycles. The lowest BCUT2D eigenvalue weighted by Gasteiger charge is -2.36. The summed E-state index contributed by atoms with van der Waals surface area (Å²) in [4.78, 5) is 39.9. The van der Waals surface area contributed by atoms with Gasteiger partial charge in [-0.05, 0) is 57.6 Å². The van der Waals surface area contributed by atoms with Crippen LogP contribution in [0.3, 0.4) is 0 Å². The van der Waals surface area contributed by atoms with E-state index in [0.29, 0.717) is 51.1 Å². The first-order chi connectivity index (χ1) is 14.8. The molecule has 31 heavy (non-hydrogen) atoms. The molecule has 2 rings (SSSR count). The average Bonchev–Trinajstić information content (AvgIpc) is 2.74. The Hall–Kier alpha value is -2.61. The Balaban J connectivity index is 2.05. The second-order valence-electron chi connectivity index (χ2n) is 8.33. The largest absolute Gasteiger partial charge is 0.385 e. The summed E-state index contributed by atoms with van der Waals surface area (Å²) < 4.78 is 5.03. The van der Waals surface area contributed by atoms with Gasteiger partial charge in [0.2, 0.25) is 5.91 Å². The first kappa shape index (κ1) is 24.7. The van der Waals surface area contributed by atoms with E-state index in [-0.39, 0.29) is 29.8 Å². The van der Waals surface area contributed by atoms with Crippen LogP contribution in [0.4, 0.5) is 4.79 Å². The fourth-order valence-electron chi connectivity index (χ4n) is 3.76. The zero-order chi connectivity index (χ0) is 22.8. The molecule has 0 spiro atoms. The van der Waals surface area contributed by atoms with E-state index in [4.69, 9.17) is 4.74 Å². The number of aryl methyl sites for hydroxylation is 1. The Morgan fingerprint density at radius 1 is 1.13 bits per heavy atom. The molecule has 1 heterocycles. The Morgan fingerprint density at radius 3 is 2.42 bits per heavy atom. The summed E-state index contributed by atoms with van der Waals surface area (Å²) in [5.41, 5.74) is 1.42. The number of carbonyl (C=O) groups excluding carboxylic acids is 3. The van der Waals surface area contributed by atoms with Crippen molar-refractivity contribution < 1.29 is 19.1 Å². The summed E-state index contributed by atoms with van der Waals surface area (Å²) in [5, 5.41) is 8.78. The Morgan fingerprint density at radius 2 is 1.81 bits per heavy atom.